The molecule has 0 saturated carbocycles. The van der Waals surface area contributed by atoms with Crippen LogP contribution in [0.2, 0.25) is 0 Å². The molecule has 101 valence electrons. The van der Waals surface area contributed by atoms with Gasteiger partial charge in [0.2, 0.25) is 0 Å². The Kier molecular flexibility index (Phi) is 8.86. The molecule has 0 rings (SSSR count). The maximum atomic E-state index is 11.3. The molecule has 0 aliphatic carbocycles. The Balaban J connectivity index is 3.25. The fourth-order valence-corrected chi connectivity index (χ4v) is 1.44. The van der Waals surface area contributed by atoms with Gasteiger partial charge in [-0.3, -0.25) is 0 Å². The Hall–Kier alpha value is -0.770. The van der Waals surface area contributed by atoms with E-state index in [9.17, 15) is 9.90 Å². The molecule has 0 saturated heterocycles. The molecule has 1 N–H and O–H groups in total. The van der Waals surface area contributed by atoms with Gasteiger partial charge >= 0.3 is 6.09 Å². The minimum absolute atomic E-state index is 0.0419. The van der Waals surface area contributed by atoms with E-state index in [1.165, 1.54) is 0 Å². The van der Waals surface area contributed by atoms with E-state index in [0.717, 1.165) is 38.5 Å². The van der Waals surface area contributed by atoms with Gasteiger partial charge in [0, 0.05) is 6.54 Å². The van der Waals surface area contributed by atoms with Gasteiger partial charge in [-0.1, -0.05) is 25.7 Å². The van der Waals surface area contributed by atoms with E-state index in [4.69, 9.17) is 4.74 Å². The molecule has 0 unspecified atom stereocenters. The van der Waals surface area contributed by atoms with Crippen molar-refractivity contribution in [3.8, 4) is 0 Å². The zero-order chi connectivity index (χ0) is 13.1. The lowest BCUT2D eigenvalue weighted by molar-refractivity contribution is 0.0527. The molecule has 4 nitrogen and oxygen atoms in total. The number of alkyl carbamates (subject to hydrolysis) is 1. The van der Waals surface area contributed by atoms with Crippen molar-refractivity contribution in [1.82, 2.24) is 5.32 Å². The van der Waals surface area contributed by atoms with Crippen LogP contribution in [0.25, 0.3) is 0 Å². The Labute approximate surface area is 105 Å². The maximum Gasteiger partial charge on any atom is 0.407 e. The average Bonchev–Trinajstić information content (AvgIpc) is 2.19. The van der Waals surface area contributed by atoms with Crippen molar-refractivity contribution in [1.29, 1.82) is 0 Å². The van der Waals surface area contributed by atoms with E-state index in [-0.39, 0.29) is 12.7 Å². The molecule has 0 aromatic heterocycles. The van der Waals surface area contributed by atoms with Gasteiger partial charge in [-0.15, -0.1) is 0 Å². The summed E-state index contributed by atoms with van der Waals surface area (Å²) in [6.07, 6.45) is 5.79. The molecule has 0 aromatic rings. The summed E-state index contributed by atoms with van der Waals surface area (Å²) in [5, 5.41) is 12.9. The van der Waals surface area contributed by atoms with Gasteiger partial charge in [0.25, 0.3) is 0 Å². The van der Waals surface area contributed by atoms with Gasteiger partial charge in [-0.2, -0.15) is 0 Å². The highest BCUT2D eigenvalue weighted by atomic mass is 16.6. The first-order valence-corrected chi connectivity index (χ1v) is 6.50. The summed E-state index contributed by atoms with van der Waals surface area (Å²) in [4.78, 5) is 11.3. The fourth-order valence-electron chi connectivity index (χ4n) is 1.44. The van der Waals surface area contributed by atoms with E-state index in [1.54, 1.807) is 0 Å². The Morgan fingerprint density at radius 2 is 1.53 bits per heavy atom. The summed E-state index contributed by atoms with van der Waals surface area (Å²) in [7, 11) is 0. The highest BCUT2D eigenvalue weighted by Gasteiger charge is 2.15. The third-order valence-corrected chi connectivity index (χ3v) is 2.24. The van der Waals surface area contributed by atoms with Crippen LogP contribution >= 0.6 is 0 Å². The fraction of sp³-hybridized carbons (Fsp3) is 0.923. The molecule has 0 atom stereocenters. The van der Waals surface area contributed by atoms with Gasteiger partial charge in [-0.25, -0.2) is 9.90 Å². The Bertz CT molecular complexity index is 199. The van der Waals surface area contributed by atoms with E-state index in [0.29, 0.717) is 6.54 Å². The van der Waals surface area contributed by atoms with E-state index >= 15 is 0 Å². The highest BCUT2D eigenvalue weighted by Crippen LogP contribution is 2.07. The van der Waals surface area contributed by atoms with Crippen LogP contribution in [0.15, 0.2) is 0 Å². The van der Waals surface area contributed by atoms with Crippen LogP contribution in [0, 0.1) is 0 Å². The summed E-state index contributed by atoms with van der Waals surface area (Å²) >= 11 is 0. The minimum atomic E-state index is -0.428. The number of unbranched alkanes of at least 4 members (excludes halogenated alkanes) is 5. The first kappa shape index (κ1) is 16.2. The number of nitrogens with one attached hydrogen (secondary N) is 1. The zero-order valence-electron chi connectivity index (χ0n) is 11.4. The molecule has 0 aromatic carbocycles. The van der Waals surface area contributed by atoms with Crippen LogP contribution in [-0.4, -0.2) is 24.8 Å². The topological polar surface area (TPSA) is 58.2 Å². The van der Waals surface area contributed by atoms with E-state index in [2.05, 4.69) is 5.32 Å². The lowest BCUT2D eigenvalue weighted by Crippen LogP contribution is -2.32. The highest BCUT2D eigenvalue weighted by molar-refractivity contribution is 5.67. The van der Waals surface area contributed by atoms with Crippen LogP contribution in [0.3, 0.4) is 0 Å². The third kappa shape index (κ3) is 13.2. The van der Waals surface area contributed by atoms with Crippen LogP contribution in [0.1, 0.15) is 59.3 Å². The molecule has 17 heavy (non-hydrogen) atoms. The predicted octanol–water partition coefficient (Wildman–Crippen LogP) is 3.28. The van der Waals surface area contributed by atoms with Crippen molar-refractivity contribution in [2.75, 3.05) is 13.2 Å². The van der Waals surface area contributed by atoms with Gasteiger partial charge < -0.3 is 10.1 Å². The number of hydrogen-bond acceptors (Lipinski definition) is 2. The number of carbonyl (C=O) groups is 1. The van der Waals surface area contributed by atoms with Crippen LogP contribution in [0.5, 0.6) is 0 Å². The molecule has 0 aliphatic heterocycles. The quantitative estimate of drug-likeness (QED) is 0.666. The van der Waals surface area contributed by atoms with Crippen molar-refractivity contribution in [3.63, 3.8) is 0 Å². The van der Waals surface area contributed by atoms with Crippen LogP contribution in [-0.2, 0) is 9.84 Å². The monoisotopic (exact) mass is 244 g/mol. The van der Waals surface area contributed by atoms with Gasteiger partial charge in [0.05, 0.1) is 6.61 Å². The normalized spacial score (nSPS) is 11.3. The Morgan fingerprint density at radius 1 is 1.00 bits per heavy atom. The molecule has 0 bridgehead atoms. The maximum absolute atomic E-state index is 11.3. The third-order valence-electron chi connectivity index (χ3n) is 2.24. The molecule has 1 amide bonds. The lowest BCUT2D eigenvalue weighted by atomic mass is 10.1. The van der Waals surface area contributed by atoms with Crippen molar-refractivity contribution < 1.29 is 14.6 Å². The van der Waals surface area contributed by atoms with Gasteiger partial charge in [-0.05, 0) is 33.6 Å². The molecule has 0 aliphatic rings. The lowest BCUT2D eigenvalue weighted by Gasteiger charge is -2.19. The van der Waals surface area contributed by atoms with E-state index < -0.39 is 5.60 Å². The van der Waals surface area contributed by atoms with Gasteiger partial charge in [0.15, 0.2) is 0 Å². The number of hydrogen-bond donors (Lipinski definition) is 1. The first-order chi connectivity index (χ1) is 7.95. The van der Waals surface area contributed by atoms with Gasteiger partial charge in [0.1, 0.15) is 5.60 Å². The second-order valence-electron chi connectivity index (χ2n) is 5.25. The molecule has 4 heteroatoms. The number of amides is 1. The molecule has 0 fully saturated rings. The summed E-state index contributed by atoms with van der Waals surface area (Å²) < 4.78 is 5.11. The summed E-state index contributed by atoms with van der Waals surface area (Å²) in [5.41, 5.74) is -0.428. The molecule has 0 heterocycles. The number of ether oxygens (including phenoxy) is 1. The standard InChI is InChI=1S/C13H26NO3/c1-13(2,3)17-12(16)14-10-8-6-4-5-7-9-11-15/h4-11H2,1-3H3,(H,14,16). The van der Waals surface area contributed by atoms with Crippen molar-refractivity contribution in [2.24, 2.45) is 0 Å². The van der Waals surface area contributed by atoms with Crippen molar-refractivity contribution in [2.45, 2.75) is 64.9 Å². The van der Waals surface area contributed by atoms with E-state index in [1.807, 2.05) is 20.8 Å². The SMILES string of the molecule is CC(C)(C)OC(=O)NCCCCCCCC[O]. The smallest absolute Gasteiger partial charge is 0.407 e. The molecule has 0 spiro atoms. The van der Waals surface area contributed by atoms with Crippen LogP contribution in [0.4, 0.5) is 4.79 Å². The minimum Gasteiger partial charge on any atom is -0.444 e. The molecular weight excluding hydrogens is 218 g/mol. The average molecular weight is 244 g/mol. The van der Waals surface area contributed by atoms with Crippen molar-refractivity contribution in [3.05, 3.63) is 0 Å². The molecule has 1 radical (unpaired) electrons. The predicted molar refractivity (Wildman–Crippen MR) is 67.5 cm³/mol. The second-order valence-corrected chi connectivity index (χ2v) is 5.25. The number of carbonyl (C=O) groups excluding carboxylic acids is 1. The first-order valence-electron chi connectivity index (χ1n) is 6.50. The Morgan fingerprint density at radius 3 is 2.06 bits per heavy atom. The van der Waals surface area contributed by atoms with Crippen molar-refractivity contribution >= 4 is 6.09 Å². The summed E-state index contributed by atoms with van der Waals surface area (Å²) in [6.45, 7) is 6.25. The largest absolute Gasteiger partial charge is 0.444 e. The molecular formula is C13H26NO3. The number of rotatable bonds is 8. The summed E-state index contributed by atoms with van der Waals surface area (Å²) in [6, 6.07) is 0. The summed E-state index contributed by atoms with van der Waals surface area (Å²) in [5.74, 6) is 0. The van der Waals surface area contributed by atoms with Crippen LogP contribution < -0.4 is 5.32 Å². The second kappa shape index (κ2) is 9.28. The zero-order valence-corrected chi connectivity index (χ0v) is 11.4.